The van der Waals surface area contributed by atoms with E-state index in [1.807, 2.05) is 55.5 Å². The molecule has 1 spiro atoms. The Hall–Kier alpha value is -2.78. The minimum atomic E-state index is -0.873. The predicted molar refractivity (Wildman–Crippen MR) is 134 cm³/mol. The summed E-state index contributed by atoms with van der Waals surface area (Å²) in [6.07, 6.45) is 8.36. The van der Waals surface area contributed by atoms with E-state index in [9.17, 15) is 19.5 Å². The quantitative estimate of drug-likeness (QED) is 0.623. The van der Waals surface area contributed by atoms with Gasteiger partial charge in [-0.2, -0.15) is 0 Å². The van der Waals surface area contributed by atoms with Crippen molar-refractivity contribution < 1.29 is 24.2 Å². The third-order valence-corrected chi connectivity index (χ3v) is 9.50. The van der Waals surface area contributed by atoms with Gasteiger partial charge in [0.25, 0.3) is 5.91 Å². The number of ether oxygens (including phenoxy) is 1. The molecule has 5 rings (SSSR count). The van der Waals surface area contributed by atoms with Gasteiger partial charge in [0, 0.05) is 43.7 Å². The van der Waals surface area contributed by atoms with Crippen LogP contribution in [0.5, 0.6) is 5.75 Å². The Morgan fingerprint density at radius 2 is 1.74 bits per heavy atom. The van der Waals surface area contributed by atoms with E-state index >= 15 is 0 Å². The van der Waals surface area contributed by atoms with Crippen LogP contribution >= 0.6 is 11.8 Å². The fraction of sp³-hybridized carbons (Fsp3) is 0.500. The van der Waals surface area contributed by atoms with E-state index in [1.54, 1.807) is 40.6 Å². The second kappa shape index (κ2) is 8.71. The Morgan fingerprint density at radius 1 is 1.03 bits per heavy atom. The molecule has 35 heavy (non-hydrogen) atoms. The molecule has 0 aliphatic carbocycles. The SMILES string of the molecule is COc1ccc(N2CC=C[C@]34S[C@]5(C)C=CCN(C)C(=O)[C@@H]5[C@H]3C(=O)N(CCCO)C4C2=O)cc1. The number of carbonyl (C=O) groups excluding carboxylic acids is 3. The minimum absolute atomic E-state index is 0.0694. The van der Waals surface area contributed by atoms with Crippen LogP contribution in [0.25, 0.3) is 0 Å². The lowest BCUT2D eigenvalue weighted by atomic mass is 9.74. The number of methoxy groups -OCH3 is 1. The number of aliphatic hydroxyl groups excluding tert-OH is 1. The number of aliphatic hydroxyl groups is 1. The second-order valence-corrected chi connectivity index (χ2v) is 11.6. The number of thioether (sulfide) groups is 1. The van der Waals surface area contributed by atoms with Gasteiger partial charge in [-0.15, -0.1) is 11.8 Å². The van der Waals surface area contributed by atoms with Crippen LogP contribution in [0.15, 0.2) is 48.6 Å². The summed E-state index contributed by atoms with van der Waals surface area (Å²) in [5.74, 6) is -0.967. The number of benzene rings is 1. The number of rotatable bonds is 5. The fourth-order valence-electron chi connectivity index (χ4n) is 6.12. The number of anilines is 1. The van der Waals surface area contributed by atoms with Gasteiger partial charge in [0.15, 0.2) is 0 Å². The van der Waals surface area contributed by atoms with Crippen molar-refractivity contribution in [2.24, 2.45) is 11.8 Å². The molecule has 8 nitrogen and oxygen atoms in total. The lowest BCUT2D eigenvalue weighted by Crippen LogP contribution is -2.53. The number of amides is 3. The summed E-state index contributed by atoms with van der Waals surface area (Å²) >= 11 is 1.57. The van der Waals surface area contributed by atoms with Crippen LogP contribution < -0.4 is 9.64 Å². The van der Waals surface area contributed by atoms with Crippen molar-refractivity contribution in [3.05, 3.63) is 48.6 Å². The first-order valence-electron chi connectivity index (χ1n) is 11.9. The Kier molecular flexibility index (Phi) is 5.96. The topological polar surface area (TPSA) is 90.4 Å². The minimum Gasteiger partial charge on any atom is -0.497 e. The van der Waals surface area contributed by atoms with Gasteiger partial charge < -0.3 is 24.5 Å². The van der Waals surface area contributed by atoms with Gasteiger partial charge >= 0.3 is 0 Å². The molecule has 3 amide bonds. The number of carbonyl (C=O) groups is 3. The van der Waals surface area contributed by atoms with Crippen LogP contribution in [0.1, 0.15) is 13.3 Å². The lowest BCUT2D eigenvalue weighted by molar-refractivity contribution is -0.143. The van der Waals surface area contributed by atoms with E-state index in [1.165, 1.54) is 0 Å². The van der Waals surface area contributed by atoms with Gasteiger partial charge in [-0.1, -0.05) is 24.3 Å². The Morgan fingerprint density at radius 3 is 2.43 bits per heavy atom. The first-order chi connectivity index (χ1) is 16.8. The molecule has 5 atom stereocenters. The number of fused-ring (bicyclic) bond motifs is 2. The van der Waals surface area contributed by atoms with Crippen LogP contribution in [0.2, 0.25) is 0 Å². The average molecular weight is 498 g/mol. The van der Waals surface area contributed by atoms with E-state index in [-0.39, 0.29) is 30.9 Å². The Balaban J connectivity index is 1.62. The van der Waals surface area contributed by atoms with Crippen molar-refractivity contribution >= 4 is 35.2 Å². The van der Waals surface area contributed by atoms with Crippen LogP contribution in [0.4, 0.5) is 5.69 Å². The van der Waals surface area contributed by atoms with E-state index < -0.39 is 27.4 Å². The summed E-state index contributed by atoms with van der Waals surface area (Å²) in [4.78, 5) is 46.8. The maximum absolute atomic E-state index is 14.2. The molecule has 2 fully saturated rings. The summed E-state index contributed by atoms with van der Waals surface area (Å²) in [6.45, 7) is 3.05. The molecule has 2 saturated heterocycles. The first-order valence-corrected chi connectivity index (χ1v) is 12.8. The normalized spacial score (nSPS) is 34.0. The monoisotopic (exact) mass is 497 g/mol. The first kappa shape index (κ1) is 23.9. The van der Waals surface area contributed by atoms with Crippen LogP contribution in [-0.4, -0.2) is 88.6 Å². The van der Waals surface area contributed by atoms with Crippen molar-refractivity contribution in [3.63, 3.8) is 0 Å². The highest BCUT2D eigenvalue weighted by Gasteiger charge is 2.73. The Bertz CT molecular complexity index is 1100. The van der Waals surface area contributed by atoms with Crippen LogP contribution in [0, 0.1) is 11.8 Å². The maximum Gasteiger partial charge on any atom is 0.251 e. The van der Waals surface area contributed by atoms with E-state index in [4.69, 9.17) is 4.74 Å². The number of hydrogen-bond donors (Lipinski definition) is 1. The molecule has 9 heteroatoms. The van der Waals surface area contributed by atoms with Gasteiger partial charge in [0.05, 0.1) is 23.7 Å². The maximum atomic E-state index is 14.2. The highest BCUT2D eigenvalue weighted by atomic mass is 32.2. The molecule has 0 radical (unpaired) electrons. The van der Waals surface area contributed by atoms with E-state index in [0.717, 1.165) is 5.69 Å². The largest absolute Gasteiger partial charge is 0.497 e. The smallest absolute Gasteiger partial charge is 0.251 e. The van der Waals surface area contributed by atoms with Gasteiger partial charge in [-0.3, -0.25) is 14.4 Å². The molecule has 1 aromatic carbocycles. The predicted octanol–water partition coefficient (Wildman–Crippen LogP) is 1.70. The second-order valence-electron chi connectivity index (χ2n) is 9.78. The zero-order chi connectivity index (χ0) is 25.0. The zero-order valence-corrected chi connectivity index (χ0v) is 21.0. The molecular formula is C26H31N3O5S. The molecule has 4 aliphatic heterocycles. The molecule has 1 unspecified atom stereocenters. The summed E-state index contributed by atoms with van der Waals surface area (Å²) in [6, 6.07) is 6.52. The van der Waals surface area contributed by atoms with Gasteiger partial charge in [-0.25, -0.2) is 0 Å². The van der Waals surface area contributed by atoms with Crippen LogP contribution in [0.3, 0.4) is 0 Å². The Labute approximate surface area is 209 Å². The fourth-order valence-corrected chi connectivity index (χ4v) is 8.28. The summed E-state index contributed by atoms with van der Waals surface area (Å²) in [5.41, 5.74) is 0.717. The molecule has 4 aliphatic rings. The summed E-state index contributed by atoms with van der Waals surface area (Å²) in [5, 5.41) is 9.52. The third-order valence-electron chi connectivity index (χ3n) is 7.70. The standard InChI is InChI=1S/C26H31N3O5S/c1-25-11-4-13-27(2)22(31)19(25)20-23(32)29(15-6-16-30)21-24(33)28(14-5-12-26(20,21)35-25)17-7-9-18(34-3)10-8-17/h4-5,7-12,19-21,30H,6,13-16H2,1-3H3/t19-,20-,21?,25+,26-/m0/s1. The molecule has 4 heterocycles. The number of nitrogens with zero attached hydrogens (tertiary/aromatic N) is 3. The average Bonchev–Trinajstić information content (AvgIpc) is 3.12. The molecule has 0 aromatic heterocycles. The molecular weight excluding hydrogens is 466 g/mol. The highest BCUT2D eigenvalue weighted by molar-refractivity contribution is 8.02. The molecule has 186 valence electrons. The highest BCUT2D eigenvalue weighted by Crippen LogP contribution is 2.65. The van der Waals surface area contributed by atoms with Crippen molar-refractivity contribution in [3.8, 4) is 5.75 Å². The zero-order valence-electron chi connectivity index (χ0n) is 20.2. The van der Waals surface area contributed by atoms with Crippen molar-refractivity contribution in [2.45, 2.75) is 28.9 Å². The van der Waals surface area contributed by atoms with Crippen molar-refractivity contribution in [2.75, 3.05) is 45.3 Å². The lowest BCUT2D eigenvalue weighted by Gasteiger charge is -2.36. The van der Waals surface area contributed by atoms with Gasteiger partial charge in [-0.05, 0) is 37.6 Å². The molecule has 1 aromatic rings. The number of hydrogen-bond acceptors (Lipinski definition) is 6. The van der Waals surface area contributed by atoms with E-state index in [2.05, 4.69) is 0 Å². The van der Waals surface area contributed by atoms with Crippen molar-refractivity contribution in [1.29, 1.82) is 0 Å². The van der Waals surface area contributed by atoms with E-state index in [0.29, 0.717) is 25.3 Å². The van der Waals surface area contributed by atoms with Gasteiger partial charge in [0.2, 0.25) is 11.8 Å². The van der Waals surface area contributed by atoms with Gasteiger partial charge in [0.1, 0.15) is 11.8 Å². The number of likely N-dealkylation sites (tertiary alicyclic amines) is 1. The summed E-state index contributed by atoms with van der Waals surface area (Å²) < 4.78 is 3.78. The summed E-state index contributed by atoms with van der Waals surface area (Å²) in [7, 11) is 3.35. The number of likely N-dealkylation sites (N-methyl/N-ethyl adjacent to an activating group) is 1. The third kappa shape index (κ3) is 3.50. The molecule has 0 bridgehead atoms. The van der Waals surface area contributed by atoms with Crippen molar-refractivity contribution in [1.82, 2.24) is 9.80 Å². The van der Waals surface area contributed by atoms with Crippen LogP contribution in [-0.2, 0) is 14.4 Å². The molecule has 1 N–H and O–H groups in total. The molecule has 0 saturated carbocycles.